The van der Waals surface area contributed by atoms with Gasteiger partial charge in [-0.25, -0.2) is 13.2 Å². The molecule has 0 heterocycles. The molecule has 0 aromatic heterocycles. The van der Waals surface area contributed by atoms with Crippen molar-refractivity contribution >= 4 is 44.9 Å². The summed E-state index contributed by atoms with van der Waals surface area (Å²) in [5.41, 5.74) is 1.71. The molecular formula is C22H19ClN2O5S. The van der Waals surface area contributed by atoms with Gasteiger partial charge in [0.1, 0.15) is 0 Å². The first kappa shape index (κ1) is 22.3. The van der Waals surface area contributed by atoms with Gasteiger partial charge in [0.2, 0.25) is 0 Å². The number of ether oxygens (including phenoxy) is 1. The SMILES string of the molecule is COC(=O)c1ccccc1NC(=O)c1ccc(NS(=O)(=O)c2ccc(C)cc2)cc1Cl. The minimum absolute atomic E-state index is 0.0390. The molecule has 0 aliphatic carbocycles. The lowest BCUT2D eigenvalue weighted by atomic mass is 10.1. The number of halogens is 1. The van der Waals surface area contributed by atoms with Crippen LogP contribution in [0.1, 0.15) is 26.3 Å². The number of para-hydroxylation sites is 1. The third-order valence-electron chi connectivity index (χ3n) is 4.38. The Hall–Kier alpha value is -3.36. The number of hydrogen-bond donors (Lipinski definition) is 2. The topological polar surface area (TPSA) is 102 Å². The van der Waals surface area contributed by atoms with E-state index in [4.69, 9.17) is 16.3 Å². The molecule has 0 spiro atoms. The molecule has 7 nitrogen and oxygen atoms in total. The molecule has 9 heteroatoms. The van der Waals surface area contributed by atoms with Crippen LogP contribution in [0, 0.1) is 6.92 Å². The second kappa shape index (κ2) is 9.20. The van der Waals surface area contributed by atoms with Crippen molar-refractivity contribution < 1.29 is 22.7 Å². The summed E-state index contributed by atoms with van der Waals surface area (Å²) in [6.45, 7) is 1.86. The first-order valence-electron chi connectivity index (χ1n) is 9.09. The van der Waals surface area contributed by atoms with E-state index in [9.17, 15) is 18.0 Å². The number of aryl methyl sites for hydroxylation is 1. The molecule has 0 radical (unpaired) electrons. The number of carbonyl (C=O) groups excluding carboxylic acids is 2. The minimum Gasteiger partial charge on any atom is -0.465 e. The number of nitrogens with one attached hydrogen (secondary N) is 2. The van der Waals surface area contributed by atoms with Crippen molar-refractivity contribution in [3.8, 4) is 0 Å². The van der Waals surface area contributed by atoms with Gasteiger partial charge in [0.15, 0.2) is 0 Å². The van der Waals surface area contributed by atoms with Gasteiger partial charge in [-0.3, -0.25) is 9.52 Å². The quantitative estimate of drug-likeness (QED) is 0.530. The molecule has 0 bridgehead atoms. The monoisotopic (exact) mass is 458 g/mol. The summed E-state index contributed by atoms with van der Waals surface area (Å²) in [5.74, 6) is -1.16. The highest BCUT2D eigenvalue weighted by Gasteiger charge is 2.18. The van der Waals surface area contributed by atoms with Crippen molar-refractivity contribution in [1.82, 2.24) is 0 Å². The fourth-order valence-corrected chi connectivity index (χ4v) is 4.08. The minimum atomic E-state index is -3.81. The van der Waals surface area contributed by atoms with E-state index >= 15 is 0 Å². The normalized spacial score (nSPS) is 10.9. The van der Waals surface area contributed by atoms with E-state index in [-0.39, 0.29) is 32.4 Å². The molecule has 0 fully saturated rings. The zero-order valence-electron chi connectivity index (χ0n) is 16.7. The van der Waals surface area contributed by atoms with Gasteiger partial charge in [-0.05, 0) is 49.4 Å². The number of sulfonamides is 1. The maximum atomic E-state index is 12.7. The van der Waals surface area contributed by atoms with E-state index in [0.29, 0.717) is 0 Å². The number of benzene rings is 3. The molecule has 0 unspecified atom stereocenters. The second-order valence-electron chi connectivity index (χ2n) is 6.60. The van der Waals surface area contributed by atoms with Crippen LogP contribution in [0.2, 0.25) is 5.02 Å². The van der Waals surface area contributed by atoms with Gasteiger partial charge in [0.05, 0.1) is 39.5 Å². The smallest absolute Gasteiger partial charge is 0.339 e. The van der Waals surface area contributed by atoms with Crippen LogP contribution < -0.4 is 10.0 Å². The Morgan fingerprint density at radius 2 is 1.61 bits per heavy atom. The summed E-state index contributed by atoms with van der Waals surface area (Å²) in [5, 5.41) is 2.66. The first-order chi connectivity index (χ1) is 14.7. The maximum absolute atomic E-state index is 12.7. The lowest BCUT2D eigenvalue weighted by molar-refractivity contribution is 0.0602. The molecule has 0 aliphatic heterocycles. The first-order valence-corrected chi connectivity index (χ1v) is 10.9. The van der Waals surface area contributed by atoms with Gasteiger partial charge < -0.3 is 10.1 Å². The Balaban J connectivity index is 1.80. The number of amides is 1. The molecule has 160 valence electrons. The summed E-state index contributed by atoms with van der Waals surface area (Å²) < 4.78 is 32.2. The van der Waals surface area contributed by atoms with Crippen molar-refractivity contribution in [2.24, 2.45) is 0 Å². The highest BCUT2D eigenvalue weighted by molar-refractivity contribution is 7.92. The summed E-state index contributed by atoms with van der Waals surface area (Å²) in [7, 11) is -2.56. The fourth-order valence-electron chi connectivity index (χ4n) is 2.76. The van der Waals surface area contributed by atoms with E-state index in [0.717, 1.165) is 5.56 Å². The van der Waals surface area contributed by atoms with Gasteiger partial charge in [-0.1, -0.05) is 41.4 Å². The predicted octanol–water partition coefficient (Wildman–Crippen LogP) is 4.49. The van der Waals surface area contributed by atoms with Crippen molar-refractivity contribution in [3.63, 3.8) is 0 Å². The predicted molar refractivity (Wildman–Crippen MR) is 119 cm³/mol. The number of anilines is 2. The molecule has 31 heavy (non-hydrogen) atoms. The Labute approximate surface area is 185 Å². The van der Waals surface area contributed by atoms with Crippen LogP contribution in [0.3, 0.4) is 0 Å². The van der Waals surface area contributed by atoms with Gasteiger partial charge in [-0.15, -0.1) is 0 Å². The summed E-state index contributed by atoms with van der Waals surface area (Å²) in [6.07, 6.45) is 0. The van der Waals surface area contributed by atoms with E-state index < -0.39 is 21.9 Å². The molecular weight excluding hydrogens is 440 g/mol. The third kappa shape index (κ3) is 5.22. The van der Waals surface area contributed by atoms with E-state index in [1.54, 1.807) is 30.3 Å². The van der Waals surface area contributed by atoms with E-state index in [1.165, 1.54) is 43.5 Å². The van der Waals surface area contributed by atoms with Crippen LogP contribution in [0.15, 0.2) is 71.6 Å². The fraction of sp³-hybridized carbons (Fsp3) is 0.0909. The van der Waals surface area contributed by atoms with Crippen molar-refractivity contribution in [1.29, 1.82) is 0 Å². The second-order valence-corrected chi connectivity index (χ2v) is 8.69. The Morgan fingerprint density at radius 1 is 0.935 bits per heavy atom. The highest BCUT2D eigenvalue weighted by Crippen LogP contribution is 2.25. The summed E-state index contributed by atoms with van der Waals surface area (Å²) in [4.78, 5) is 24.6. The standard InChI is InChI=1S/C22H19ClN2O5S/c1-14-7-10-16(11-8-14)31(28,29)25-15-9-12-17(19(23)13-15)21(26)24-20-6-4-3-5-18(20)22(27)30-2/h3-13,25H,1-2H3,(H,24,26). The van der Waals surface area contributed by atoms with Gasteiger partial charge in [0, 0.05) is 0 Å². The molecule has 1 amide bonds. The van der Waals surface area contributed by atoms with Crippen molar-refractivity contribution in [2.45, 2.75) is 11.8 Å². The van der Waals surface area contributed by atoms with Crippen LogP contribution in [0.25, 0.3) is 0 Å². The van der Waals surface area contributed by atoms with Gasteiger partial charge >= 0.3 is 5.97 Å². The molecule has 3 rings (SSSR count). The Kier molecular flexibility index (Phi) is 6.62. The number of carbonyl (C=O) groups is 2. The Morgan fingerprint density at radius 3 is 2.26 bits per heavy atom. The number of esters is 1. The largest absolute Gasteiger partial charge is 0.465 e. The molecule has 0 aliphatic rings. The lowest BCUT2D eigenvalue weighted by Crippen LogP contribution is -2.16. The van der Waals surface area contributed by atoms with E-state index in [2.05, 4.69) is 10.0 Å². The summed E-state index contributed by atoms with van der Waals surface area (Å²) in [6, 6.07) is 16.9. The molecule has 0 saturated carbocycles. The zero-order chi connectivity index (χ0) is 22.6. The molecule has 3 aromatic carbocycles. The average Bonchev–Trinajstić information content (AvgIpc) is 2.73. The van der Waals surface area contributed by atoms with Crippen LogP contribution in [-0.2, 0) is 14.8 Å². The molecule has 3 aromatic rings. The average molecular weight is 459 g/mol. The van der Waals surface area contributed by atoms with Crippen LogP contribution in [0.4, 0.5) is 11.4 Å². The highest BCUT2D eigenvalue weighted by atomic mass is 35.5. The number of rotatable bonds is 6. The van der Waals surface area contributed by atoms with Crippen molar-refractivity contribution in [2.75, 3.05) is 17.1 Å². The Bertz CT molecular complexity index is 1240. The van der Waals surface area contributed by atoms with Gasteiger partial charge in [-0.2, -0.15) is 0 Å². The van der Waals surface area contributed by atoms with Crippen LogP contribution in [0.5, 0.6) is 0 Å². The number of hydrogen-bond acceptors (Lipinski definition) is 5. The molecule has 0 atom stereocenters. The third-order valence-corrected chi connectivity index (χ3v) is 6.09. The zero-order valence-corrected chi connectivity index (χ0v) is 18.3. The van der Waals surface area contributed by atoms with Gasteiger partial charge in [0.25, 0.3) is 15.9 Å². The molecule has 0 saturated heterocycles. The summed E-state index contributed by atoms with van der Waals surface area (Å²) >= 11 is 6.23. The van der Waals surface area contributed by atoms with Crippen LogP contribution >= 0.6 is 11.6 Å². The maximum Gasteiger partial charge on any atom is 0.339 e. The number of methoxy groups -OCH3 is 1. The van der Waals surface area contributed by atoms with Crippen LogP contribution in [-0.4, -0.2) is 27.4 Å². The van der Waals surface area contributed by atoms with Crippen molar-refractivity contribution in [3.05, 3.63) is 88.4 Å². The lowest BCUT2D eigenvalue weighted by Gasteiger charge is -2.12. The van der Waals surface area contributed by atoms with E-state index in [1.807, 2.05) is 6.92 Å². The molecule has 2 N–H and O–H groups in total.